The lowest BCUT2D eigenvalue weighted by atomic mass is 10.1. The molecule has 1 aromatic rings. The molecule has 3 heteroatoms. The largest absolute Gasteiger partial charge is 0.493 e. The molecule has 1 N–H and O–H groups in total. The molecule has 19 heavy (non-hydrogen) atoms. The second kappa shape index (κ2) is 6.80. The fourth-order valence-corrected chi connectivity index (χ4v) is 2.58. The molecule has 0 aliphatic heterocycles. The first-order valence-corrected chi connectivity index (χ1v) is 7.26. The van der Waals surface area contributed by atoms with Crippen molar-refractivity contribution in [1.29, 1.82) is 0 Å². The van der Waals surface area contributed by atoms with Crippen molar-refractivity contribution in [3.8, 4) is 11.5 Å². The maximum atomic E-state index is 10.1. The third kappa shape index (κ3) is 3.63. The summed E-state index contributed by atoms with van der Waals surface area (Å²) in [5.41, 5.74) is 1.23. The summed E-state index contributed by atoms with van der Waals surface area (Å²) in [6.07, 6.45) is 5.65. The van der Waals surface area contributed by atoms with Crippen LogP contribution in [0.3, 0.4) is 0 Å². The number of aliphatic hydroxyl groups is 1. The van der Waals surface area contributed by atoms with Gasteiger partial charge in [-0.25, -0.2) is 0 Å². The molecule has 106 valence electrons. The summed E-state index contributed by atoms with van der Waals surface area (Å²) in [6, 6.07) is 6.02. The molecule has 0 saturated heterocycles. The monoisotopic (exact) mass is 264 g/mol. The van der Waals surface area contributed by atoms with E-state index in [-0.39, 0.29) is 12.2 Å². The second-order valence-corrected chi connectivity index (χ2v) is 5.20. The van der Waals surface area contributed by atoms with Crippen LogP contribution >= 0.6 is 0 Å². The van der Waals surface area contributed by atoms with Crippen LogP contribution in [0.2, 0.25) is 0 Å². The van der Waals surface area contributed by atoms with E-state index in [2.05, 4.69) is 13.0 Å². The third-order valence-corrected chi connectivity index (χ3v) is 3.83. The topological polar surface area (TPSA) is 38.7 Å². The van der Waals surface area contributed by atoms with Crippen molar-refractivity contribution in [2.24, 2.45) is 0 Å². The molecule has 0 radical (unpaired) electrons. The molecule has 0 heterocycles. The van der Waals surface area contributed by atoms with Crippen molar-refractivity contribution in [2.75, 3.05) is 7.11 Å². The van der Waals surface area contributed by atoms with Crippen molar-refractivity contribution >= 4 is 0 Å². The predicted molar refractivity (Wildman–Crippen MR) is 75.9 cm³/mol. The van der Waals surface area contributed by atoms with E-state index in [4.69, 9.17) is 9.47 Å². The molecule has 1 fully saturated rings. The lowest BCUT2D eigenvalue weighted by molar-refractivity contribution is 0.0305. The van der Waals surface area contributed by atoms with Gasteiger partial charge in [0.1, 0.15) is 6.10 Å². The molecule has 3 nitrogen and oxygen atoms in total. The van der Waals surface area contributed by atoms with E-state index >= 15 is 0 Å². The van der Waals surface area contributed by atoms with Gasteiger partial charge in [-0.05, 0) is 43.4 Å². The molecule has 0 amide bonds. The molecule has 2 atom stereocenters. The minimum absolute atomic E-state index is 0.108. The van der Waals surface area contributed by atoms with Gasteiger partial charge in [-0.15, -0.1) is 0 Å². The summed E-state index contributed by atoms with van der Waals surface area (Å²) >= 11 is 0. The van der Waals surface area contributed by atoms with Gasteiger partial charge >= 0.3 is 0 Å². The highest BCUT2D eigenvalue weighted by molar-refractivity contribution is 5.43. The molecular formula is C16H24O3. The molecule has 1 saturated carbocycles. The van der Waals surface area contributed by atoms with Gasteiger partial charge in [0.25, 0.3) is 0 Å². The van der Waals surface area contributed by atoms with Crippen molar-refractivity contribution in [3.05, 3.63) is 23.8 Å². The normalized spacial score (nSPS) is 23.7. The van der Waals surface area contributed by atoms with E-state index in [0.717, 1.165) is 43.6 Å². The minimum atomic E-state index is -0.363. The number of ether oxygens (including phenoxy) is 2. The Kier molecular flexibility index (Phi) is 5.08. The average Bonchev–Trinajstić information content (AvgIpc) is 2.64. The van der Waals surface area contributed by atoms with Crippen LogP contribution in [-0.2, 0) is 6.42 Å². The number of rotatable bonds is 4. The summed E-state index contributed by atoms with van der Waals surface area (Å²) in [4.78, 5) is 0. The Labute approximate surface area is 115 Å². The Morgan fingerprint density at radius 1 is 1.16 bits per heavy atom. The van der Waals surface area contributed by atoms with Crippen LogP contribution < -0.4 is 9.47 Å². The molecule has 1 aliphatic carbocycles. The van der Waals surface area contributed by atoms with Gasteiger partial charge in [0.15, 0.2) is 11.5 Å². The van der Waals surface area contributed by atoms with Crippen molar-refractivity contribution in [3.63, 3.8) is 0 Å². The molecule has 1 aromatic carbocycles. The fraction of sp³-hybridized carbons (Fsp3) is 0.625. The molecule has 2 unspecified atom stereocenters. The lowest BCUT2D eigenvalue weighted by Gasteiger charge is -2.23. The maximum absolute atomic E-state index is 10.1. The van der Waals surface area contributed by atoms with Crippen LogP contribution in [0.4, 0.5) is 0 Å². The number of hydrogen-bond acceptors (Lipinski definition) is 3. The van der Waals surface area contributed by atoms with E-state index in [9.17, 15) is 5.11 Å². The molecule has 1 aliphatic rings. The van der Waals surface area contributed by atoms with Crippen LogP contribution in [-0.4, -0.2) is 24.4 Å². The van der Waals surface area contributed by atoms with Crippen LogP contribution in [0.15, 0.2) is 18.2 Å². The molecule has 0 aromatic heterocycles. The maximum Gasteiger partial charge on any atom is 0.161 e. The van der Waals surface area contributed by atoms with Crippen LogP contribution in [0.1, 0.15) is 44.6 Å². The first-order chi connectivity index (χ1) is 9.24. The number of aliphatic hydroxyl groups excluding tert-OH is 1. The van der Waals surface area contributed by atoms with Crippen molar-refractivity contribution in [2.45, 2.75) is 57.7 Å². The number of methoxy groups -OCH3 is 1. The summed E-state index contributed by atoms with van der Waals surface area (Å²) in [6.45, 7) is 2.12. The van der Waals surface area contributed by atoms with Gasteiger partial charge in [0.05, 0.1) is 13.2 Å². The molecular weight excluding hydrogens is 240 g/mol. The van der Waals surface area contributed by atoms with Gasteiger partial charge in [-0.3, -0.25) is 0 Å². The van der Waals surface area contributed by atoms with Gasteiger partial charge in [0, 0.05) is 0 Å². The minimum Gasteiger partial charge on any atom is -0.493 e. The van der Waals surface area contributed by atoms with E-state index in [1.165, 1.54) is 12.0 Å². The zero-order valence-corrected chi connectivity index (χ0v) is 11.9. The predicted octanol–water partition coefficient (Wildman–Crippen LogP) is 3.33. The quantitative estimate of drug-likeness (QED) is 0.848. The third-order valence-electron chi connectivity index (χ3n) is 3.83. The number of aryl methyl sites for hydroxylation is 1. The SMILES string of the molecule is CCc1ccc(OC2CCCCCC2O)c(OC)c1. The highest BCUT2D eigenvalue weighted by Crippen LogP contribution is 2.31. The first kappa shape index (κ1) is 14.2. The Bertz CT molecular complexity index is 403. The standard InChI is InChI=1S/C16H24O3/c1-3-12-9-10-15(16(11-12)18-2)19-14-8-6-4-5-7-13(14)17/h9-11,13-14,17H,3-8H2,1-2H3. The Morgan fingerprint density at radius 2 is 1.95 bits per heavy atom. The zero-order valence-electron chi connectivity index (χ0n) is 11.9. The van der Waals surface area contributed by atoms with Gasteiger partial charge in [-0.2, -0.15) is 0 Å². The Balaban J connectivity index is 2.12. The first-order valence-electron chi connectivity index (χ1n) is 7.26. The van der Waals surface area contributed by atoms with E-state index in [1.54, 1.807) is 7.11 Å². The summed E-state index contributed by atoms with van der Waals surface area (Å²) in [7, 11) is 1.66. The lowest BCUT2D eigenvalue weighted by Crippen LogP contribution is -2.30. The van der Waals surface area contributed by atoms with Crippen molar-refractivity contribution in [1.82, 2.24) is 0 Å². The Hall–Kier alpha value is -1.22. The molecule has 0 bridgehead atoms. The van der Waals surface area contributed by atoms with E-state index < -0.39 is 0 Å². The Morgan fingerprint density at radius 3 is 2.68 bits per heavy atom. The fourth-order valence-electron chi connectivity index (χ4n) is 2.58. The average molecular weight is 264 g/mol. The van der Waals surface area contributed by atoms with Gasteiger partial charge in [-0.1, -0.05) is 25.8 Å². The van der Waals surface area contributed by atoms with Gasteiger partial charge < -0.3 is 14.6 Å². The van der Waals surface area contributed by atoms with Crippen LogP contribution in [0.5, 0.6) is 11.5 Å². The highest BCUT2D eigenvalue weighted by atomic mass is 16.5. The van der Waals surface area contributed by atoms with E-state index in [1.807, 2.05) is 12.1 Å². The zero-order chi connectivity index (χ0) is 13.7. The molecule has 0 spiro atoms. The van der Waals surface area contributed by atoms with Crippen LogP contribution in [0, 0.1) is 0 Å². The van der Waals surface area contributed by atoms with Crippen LogP contribution in [0.25, 0.3) is 0 Å². The summed E-state index contributed by atoms with van der Waals surface area (Å²) < 4.78 is 11.4. The highest BCUT2D eigenvalue weighted by Gasteiger charge is 2.24. The van der Waals surface area contributed by atoms with Gasteiger partial charge in [0.2, 0.25) is 0 Å². The van der Waals surface area contributed by atoms with E-state index in [0.29, 0.717) is 0 Å². The summed E-state index contributed by atoms with van der Waals surface area (Å²) in [5.74, 6) is 1.50. The van der Waals surface area contributed by atoms with Crippen molar-refractivity contribution < 1.29 is 14.6 Å². The number of hydrogen-bond donors (Lipinski definition) is 1. The molecule has 2 rings (SSSR count). The smallest absolute Gasteiger partial charge is 0.161 e. The number of benzene rings is 1. The summed E-state index contributed by atoms with van der Waals surface area (Å²) in [5, 5.41) is 10.1. The second-order valence-electron chi connectivity index (χ2n) is 5.20.